The van der Waals surface area contributed by atoms with Crippen LogP contribution >= 0.6 is 0 Å². The monoisotopic (exact) mass is 461 g/mol. The van der Waals surface area contributed by atoms with Gasteiger partial charge in [0, 0.05) is 19.2 Å². The number of nitrogens with two attached hydrogens (primary N) is 1. The van der Waals surface area contributed by atoms with E-state index in [4.69, 9.17) is 5.73 Å². The molecule has 0 saturated carbocycles. The Kier molecular flexibility index (Phi) is 9.72. The zero-order valence-electron chi connectivity index (χ0n) is 19.5. The zero-order valence-corrected chi connectivity index (χ0v) is 19.5. The molecule has 2 rings (SSSR count). The smallest absolute Gasteiger partial charge is 0.243 e. The molecule has 1 aromatic heterocycles. The first-order valence-corrected chi connectivity index (χ1v) is 11.0. The van der Waals surface area contributed by atoms with Crippen molar-refractivity contribution in [1.82, 2.24) is 20.9 Å². The molecule has 33 heavy (non-hydrogen) atoms. The lowest BCUT2D eigenvalue weighted by molar-refractivity contribution is -0.130. The van der Waals surface area contributed by atoms with Crippen LogP contribution in [0.2, 0.25) is 0 Å². The molecule has 180 valence electrons. The number of pyridine rings is 1. The van der Waals surface area contributed by atoms with Gasteiger partial charge in [-0.1, -0.05) is 39.8 Å². The number of halogens is 2. The predicted octanol–water partition coefficient (Wildman–Crippen LogP) is 2.56. The molecule has 2 atom stereocenters. The van der Waals surface area contributed by atoms with E-state index in [1.807, 2.05) is 27.7 Å². The van der Waals surface area contributed by atoms with Gasteiger partial charge in [0.25, 0.3) is 0 Å². The van der Waals surface area contributed by atoms with Crippen molar-refractivity contribution in [2.45, 2.75) is 52.7 Å². The average molecular weight is 462 g/mol. The van der Waals surface area contributed by atoms with Gasteiger partial charge in [-0.05, 0) is 47.7 Å². The van der Waals surface area contributed by atoms with Gasteiger partial charge in [-0.15, -0.1) is 0 Å². The van der Waals surface area contributed by atoms with Crippen LogP contribution in [-0.4, -0.2) is 35.4 Å². The van der Waals surface area contributed by atoms with E-state index in [1.54, 1.807) is 18.3 Å². The maximum Gasteiger partial charge on any atom is 0.243 e. The summed E-state index contributed by atoms with van der Waals surface area (Å²) in [5.74, 6) is -2.08. The highest BCUT2D eigenvalue weighted by Crippen LogP contribution is 2.12. The van der Waals surface area contributed by atoms with E-state index in [0.29, 0.717) is 23.8 Å². The van der Waals surface area contributed by atoms with Gasteiger partial charge in [0.05, 0.1) is 6.04 Å². The summed E-state index contributed by atoms with van der Waals surface area (Å²) in [5, 5.41) is 8.78. The first-order chi connectivity index (χ1) is 15.6. The van der Waals surface area contributed by atoms with Gasteiger partial charge in [0.1, 0.15) is 11.9 Å². The van der Waals surface area contributed by atoms with Crippen LogP contribution in [0.3, 0.4) is 0 Å². The molecular weight excluding hydrogens is 428 g/mol. The number of hydrogen-bond acceptors (Lipinski definition) is 5. The molecule has 0 aliphatic carbocycles. The van der Waals surface area contributed by atoms with E-state index in [1.165, 1.54) is 6.07 Å². The van der Waals surface area contributed by atoms with Crippen molar-refractivity contribution in [2.75, 3.05) is 12.3 Å². The van der Waals surface area contributed by atoms with Crippen LogP contribution in [0.4, 0.5) is 14.6 Å². The fourth-order valence-electron chi connectivity index (χ4n) is 3.22. The van der Waals surface area contributed by atoms with Crippen LogP contribution in [-0.2, 0) is 22.6 Å². The number of amides is 2. The summed E-state index contributed by atoms with van der Waals surface area (Å²) in [6.07, 6.45) is 1.55. The van der Waals surface area contributed by atoms with Gasteiger partial charge in [0.2, 0.25) is 11.8 Å². The molecule has 0 unspecified atom stereocenters. The van der Waals surface area contributed by atoms with Gasteiger partial charge in [-0.25, -0.2) is 13.8 Å². The summed E-state index contributed by atoms with van der Waals surface area (Å²) in [6.45, 7) is 8.71. The Balaban J connectivity index is 2.17. The fraction of sp³-hybridized carbons (Fsp3) is 0.458. The highest BCUT2D eigenvalue weighted by molar-refractivity contribution is 5.90. The van der Waals surface area contributed by atoms with E-state index in [2.05, 4.69) is 20.9 Å². The Morgan fingerprint density at radius 1 is 1.00 bits per heavy atom. The first kappa shape index (κ1) is 26.2. The molecular formula is C24H33F2N5O2. The van der Waals surface area contributed by atoms with Crippen LogP contribution in [0.5, 0.6) is 0 Å². The molecule has 0 radical (unpaired) electrons. The van der Waals surface area contributed by atoms with Gasteiger partial charge < -0.3 is 21.7 Å². The van der Waals surface area contributed by atoms with E-state index < -0.39 is 29.6 Å². The third-order valence-corrected chi connectivity index (χ3v) is 5.07. The molecule has 0 saturated heterocycles. The SMILES string of the molecule is CC(C)CN[C@H](C(=O)N[C@@H](Cc1ccc(F)c(F)c1)C(=O)NCc1ccc(N)nc1)C(C)C. The third-order valence-electron chi connectivity index (χ3n) is 5.07. The lowest BCUT2D eigenvalue weighted by atomic mass is 10.00. The Hall–Kier alpha value is -3.07. The number of nitrogen functional groups attached to an aromatic ring is 1. The molecule has 0 bridgehead atoms. The molecule has 1 heterocycles. The Labute approximate surface area is 193 Å². The number of benzene rings is 1. The second-order valence-electron chi connectivity index (χ2n) is 8.85. The summed E-state index contributed by atoms with van der Waals surface area (Å²) in [7, 11) is 0. The Morgan fingerprint density at radius 2 is 1.70 bits per heavy atom. The Morgan fingerprint density at radius 3 is 2.27 bits per heavy atom. The molecule has 0 aliphatic rings. The van der Waals surface area contributed by atoms with Crippen molar-refractivity contribution < 1.29 is 18.4 Å². The van der Waals surface area contributed by atoms with Crippen molar-refractivity contribution in [3.05, 3.63) is 59.3 Å². The quantitative estimate of drug-likeness (QED) is 0.411. The molecule has 9 heteroatoms. The minimum absolute atomic E-state index is 0.00373. The minimum atomic E-state index is -1.01. The molecule has 5 N–H and O–H groups in total. The maximum atomic E-state index is 13.7. The minimum Gasteiger partial charge on any atom is -0.384 e. The van der Waals surface area contributed by atoms with Crippen LogP contribution in [0.15, 0.2) is 36.5 Å². The van der Waals surface area contributed by atoms with Crippen molar-refractivity contribution in [3.8, 4) is 0 Å². The number of carbonyl (C=O) groups excluding carboxylic acids is 2. The predicted molar refractivity (Wildman–Crippen MR) is 124 cm³/mol. The number of nitrogens with zero attached hydrogens (tertiary/aromatic N) is 1. The van der Waals surface area contributed by atoms with E-state index in [-0.39, 0.29) is 24.8 Å². The van der Waals surface area contributed by atoms with Gasteiger partial charge in [-0.3, -0.25) is 9.59 Å². The number of hydrogen-bond donors (Lipinski definition) is 4. The molecule has 7 nitrogen and oxygen atoms in total. The number of carbonyl (C=O) groups is 2. The summed E-state index contributed by atoms with van der Waals surface area (Å²) in [6, 6.07) is 5.29. The molecule has 2 amide bonds. The standard InChI is InChI=1S/C24H33F2N5O2/c1-14(2)11-29-22(15(3)4)24(33)31-20(10-16-5-7-18(25)19(26)9-16)23(32)30-13-17-6-8-21(27)28-12-17/h5-9,12,14-15,20,22,29H,10-11,13H2,1-4H3,(H2,27,28)(H,30,32)(H,31,33)/t20-,22-/m0/s1. The Bertz CT molecular complexity index is 935. The van der Waals surface area contributed by atoms with E-state index >= 15 is 0 Å². The van der Waals surface area contributed by atoms with E-state index in [0.717, 1.165) is 17.7 Å². The van der Waals surface area contributed by atoms with Crippen LogP contribution in [0, 0.1) is 23.5 Å². The number of nitrogens with one attached hydrogen (secondary N) is 3. The lowest BCUT2D eigenvalue weighted by Crippen LogP contribution is -2.55. The highest BCUT2D eigenvalue weighted by Gasteiger charge is 2.28. The summed E-state index contributed by atoms with van der Waals surface area (Å²) >= 11 is 0. The number of rotatable bonds is 11. The van der Waals surface area contributed by atoms with Crippen LogP contribution in [0.25, 0.3) is 0 Å². The summed E-state index contributed by atoms with van der Waals surface area (Å²) in [4.78, 5) is 30.0. The summed E-state index contributed by atoms with van der Waals surface area (Å²) in [5.41, 5.74) is 6.70. The molecule has 0 aliphatic heterocycles. The van der Waals surface area contributed by atoms with Crippen LogP contribution < -0.4 is 21.7 Å². The molecule has 0 fully saturated rings. The first-order valence-electron chi connectivity index (χ1n) is 11.0. The second-order valence-corrected chi connectivity index (χ2v) is 8.85. The maximum absolute atomic E-state index is 13.7. The zero-order chi connectivity index (χ0) is 24.5. The normalized spacial score (nSPS) is 13.1. The lowest BCUT2D eigenvalue weighted by Gasteiger charge is -2.26. The topological polar surface area (TPSA) is 109 Å². The van der Waals surface area contributed by atoms with Gasteiger partial charge in [-0.2, -0.15) is 0 Å². The molecule has 0 spiro atoms. The highest BCUT2D eigenvalue weighted by atomic mass is 19.2. The number of anilines is 1. The molecule has 1 aromatic carbocycles. The van der Waals surface area contributed by atoms with Gasteiger partial charge in [0.15, 0.2) is 11.6 Å². The van der Waals surface area contributed by atoms with Crippen molar-refractivity contribution in [3.63, 3.8) is 0 Å². The molecule has 2 aromatic rings. The fourth-order valence-corrected chi connectivity index (χ4v) is 3.22. The summed E-state index contributed by atoms with van der Waals surface area (Å²) < 4.78 is 27.1. The second kappa shape index (κ2) is 12.2. The average Bonchev–Trinajstić information content (AvgIpc) is 2.75. The van der Waals surface area contributed by atoms with E-state index in [9.17, 15) is 18.4 Å². The third kappa shape index (κ3) is 8.42. The van der Waals surface area contributed by atoms with Crippen molar-refractivity contribution in [2.24, 2.45) is 11.8 Å². The number of aromatic nitrogens is 1. The van der Waals surface area contributed by atoms with Crippen molar-refractivity contribution >= 4 is 17.6 Å². The largest absolute Gasteiger partial charge is 0.384 e. The van der Waals surface area contributed by atoms with Crippen molar-refractivity contribution in [1.29, 1.82) is 0 Å². The van der Waals surface area contributed by atoms with Gasteiger partial charge >= 0.3 is 0 Å². The van der Waals surface area contributed by atoms with Crippen LogP contribution in [0.1, 0.15) is 38.8 Å².